The number of benzene rings is 1. The van der Waals surface area contributed by atoms with E-state index < -0.39 is 0 Å². The third-order valence-corrected chi connectivity index (χ3v) is 6.79. The van der Waals surface area contributed by atoms with Gasteiger partial charge >= 0.3 is 0 Å². The SMILES string of the molecule is CO.Cc1csc(NC(C(=O)N2CCC(c3ccc(Cl)cc3)C(C)(C)C2)C(C)C)n1. The van der Waals surface area contributed by atoms with Crippen molar-refractivity contribution in [2.75, 3.05) is 25.5 Å². The fourth-order valence-electron chi connectivity index (χ4n) is 4.12. The number of aliphatic hydroxyl groups excluding tert-OH is 1. The van der Waals surface area contributed by atoms with E-state index in [1.807, 2.05) is 29.3 Å². The molecule has 5 nitrogen and oxygen atoms in total. The number of carbonyl (C=O) groups is 1. The number of nitrogens with zero attached hydrogens (tertiary/aromatic N) is 2. The van der Waals surface area contributed by atoms with E-state index in [1.54, 1.807) is 11.3 Å². The Morgan fingerprint density at radius 2 is 1.93 bits per heavy atom. The van der Waals surface area contributed by atoms with E-state index in [0.717, 1.165) is 42.5 Å². The number of aryl methyl sites for hydroxylation is 1. The van der Waals surface area contributed by atoms with Crippen molar-refractivity contribution in [1.82, 2.24) is 9.88 Å². The van der Waals surface area contributed by atoms with Gasteiger partial charge < -0.3 is 15.3 Å². The summed E-state index contributed by atoms with van der Waals surface area (Å²) in [6.45, 7) is 12.2. The van der Waals surface area contributed by atoms with E-state index in [4.69, 9.17) is 16.7 Å². The van der Waals surface area contributed by atoms with Gasteiger partial charge in [0, 0.05) is 30.6 Å². The van der Waals surface area contributed by atoms with Crippen molar-refractivity contribution in [2.24, 2.45) is 11.3 Å². The maximum atomic E-state index is 13.3. The van der Waals surface area contributed by atoms with Crippen LogP contribution in [-0.4, -0.2) is 47.1 Å². The minimum absolute atomic E-state index is 0.00103. The smallest absolute Gasteiger partial charge is 0.245 e. The molecule has 1 aromatic carbocycles. The summed E-state index contributed by atoms with van der Waals surface area (Å²) in [7, 11) is 1.00. The van der Waals surface area contributed by atoms with Crippen LogP contribution in [0.2, 0.25) is 5.02 Å². The van der Waals surface area contributed by atoms with E-state index >= 15 is 0 Å². The largest absolute Gasteiger partial charge is 0.400 e. The lowest BCUT2D eigenvalue weighted by atomic mass is 9.70. The number of halogens is 1. The van der Waals surface area contributed by atoms with Gasteiger partial charge in [-0.05, 0) is 48.3 Å². The molecule has 7 heteroatoms. The highest BCUT2D eigenvalue weighted by Gasteiger charge is 2.40. The van der Waals surface area contributed by atoms with E-state index in [-0.39, 0.29) is 23.3 Å². The Bertz CT molecular complexity index is 820. The Hall–Kier alpha value is -1.63. The monoisotopic (exact) mass is 451 g/mol. The van der Waals surface area contributed by atoms with E-state index in [9.17, 15) is 4.79 Å². The number of aromatic nitrogens is 1. The summed E-state index contributed by atoms with van der Waals surface area (Å²) in [5, 5.41) is 14.0. The first-order valence-electron chi connectivity index (χ1n) is 10.3. The van der Waals surface area contributed by atoms with Gasteiger partial charge in [0.25, 0.3) is 0 Å². The van der Waals surface area contributed by atoms with Crippen molar-refractivity contribution in [3.8, 4) is 0 Å². The third-order valence-electron chi connectivity index (χ3n) is 5.64. The number of amides is 1. The molecule has 2 aromatic rings. The summed E-state index contributed by atoms with van der Waals surface area (Å²) in [5.41, 5.74) is 2.28. The maximum absolute atomic E-state index is 13.3. The predicted molar refractivity (Wildman–Crippen MR) is 126 cm³/mol. The molecule has 0 spiro atoms. The molecule has 1 aliphatic heterocycles. The highest BCUT2D eigenvalue weighted by atomic mass is 35.5. The maximum Gasteiger partial charge on any atom is 0.245 e. The lowest BCUT2D eigenvalue weighted by Crippen LogP contribution is -2.53. The molecule has 2 unspecified atom stereocenters. The Labute approximate surface area is 189 Å². The molecule has 2 atom stereocenters. The van der Waals surface area contributed by atoms with Crippen molar-refractivity contribution >= 4 is 34.0 Å². The topological polar surface area (TPSA) is 65.5 Å². The fourth-order valence-corrected chi connectivity index (χ4v) is 4.97. The molecule has 30 heavy (non-hydrogen) atoms. The van der Waals surface area contributed by atoms with Crippen LogP contribution in [-0.2, 0) is 4.79 Å². The van der Waals surface area contributed by atoms with Crippen LogP contribution in [0.25, 0.3) is 0 Å². The summed E-state index contributed by atoms with van der Waals surface area (Å²) in [6.07, 6.45) is 0.960. The van der Waals surface area contributed by atoms with Crippen LogP contribution in [0.4, 0.5) is 5.13 Å². The van der Waals surface area contributed by atoms with Crippen LogP contribution in [0.3, 0.4) is 0 Å². The second-order valence-electron chi connectivity index (χ2n) is 8.80. The summed E-state index contributed by atoms with van der Waals surface area (Å²) < 4.78 is 0. The lowest BCUT2D eigenvalue weighted by molar-refractivity contribution is -0.136. The molecule has 0 saturated carbocycles. The molecule has 2 heterocycles. The van der Waals surface area contributed by atoms with Crippen molar-refractivity contribution < 1.29 is 9.90 Å². The van der Waals surface area contributed by atoms with Crippen LogP contribution in [0, 0.1) is 18.3 Å². The minimum Gasteiger partial charge on any atom is -0.400 e. The molecule has 0 aliphatic carbocycles. The van der Waals surface area contributed by atoms with Crippen LogP contribution >= 0.6 is 22.9 Å². The Morgan fingerprint density at radius 1 is 1.30 bits per heavy atom. The minimum atomic E-state index is -0.256. The van der Waals surface area contributed by atoms with Gasteiger partial charge in [-0.2, -0.15) is 0 Å². The van der Waals surface area contributed by atoms with E-state index in [2.05, 4.69) is 50.1 Å². The number of hydrogen-bond acceptors (Lipinski definition) is 5. The number of carbonyl (C=O) groups excluding carboxylic acids is 1. The zero-order valence-electron chi connectivity index (χ0n) is 18.8. The number of likely N-dealkylation sites (tertiary alicyclic amines) is 1. The highest BCUT2D eigenvalue weighted by Crippen LogP contribution is 2.42. The summed E-state index contributed by atoms with van der Waals surface area (Å²) in [4.78, 5) is 19.9. The van der Waals surface area contributed by atoms with Gasteiger partial charge in [0.15, 0.2) is 5.13 Å². The van der Waals surface area contributed by atoms with Crippen molar-refractivity contribution in [3.05, 3.63) is 45.9 Å². The molecule has 0 radical (unpaired) electrons. The fraction of sp³-hybridized carbons (Fsp3) is 0.565. The second-order valence-corrected chi connectivity index (χ2v) is 10.1. The summed E-state index contributed by atoms with van der Waals surface area (Å²) in [5.74, 6) is 0.778. The first-order valence-corrected chi connectivity index (χ1v) is 11.6. The van der Waals surface area contributed by atoms with Crippen LogP contribution in [0.5, 0.6) is 0 Å². The highest BCUT2D eigenvalue weighted by molar-refractivity contribution is 7.13. The summed E-state index contributed by atoms with van der Waals surface area (Å²) in [6, 6.07) is 7.90. The average Bonchev–Trinajstić information content (AvgIpc) is 3.12. The molecular weight excluding hydrogens is 418 g/mol. The van der Waals surface area contributed by atoms with Gasteiger partial charge in [-0.25, -0.2) is 4.98 Å². The second kappa shape index (κ2) is 10.6. The summed E-state index contributed by atoms with van der Waals surface area (Å²) >= 11 is 7.61. The van der Waals surface area contributed by atoms with Crippen molar-refractivity contribution in [2.45, 2.75) is 53.0 Å². The lowest BCUT2D eigenvalue weighted by Gasteiger charge is -2.45. The van der Waals surface area contributed by atoms with Crippen molar-refractivity contribution in [3.63, 3.8) is 0 Å². The molecule has 1 amide bonds. The molecule has 0 bridgehead atoms. The molecule has 3 rings (SSSR count). The van der Waals surface area contributed by atoms with E-state index in [0.29, 0.717) is 5.92 Å². The first-order chi connectivity index (χ1) is 14.2. The number of anilines is 1. The van der Waals surface area contributed by atoms with Gasteiger partial charge in [-0.1, -0.05) is 51.4 Å². The molecule has 1 aromatic heterocycles. The molecule has 166 valence electrons. The number of thiazole rings is 1. The van der Waals surface area contributed by atoms with Gasteiger partial charge in [0.1, 0.15) is 6.04 Å². The standard InChI is InChI=1S/C22H30ClN3OS.CH4O/c1-14(2)19(25-21-24-15(3)12-28-21)20(27)26-11-10-18(22(4,5)13-26)16-6-8-17(23)9-7-16;1-2/h6-9,12,14,18-19H,10-11,13H2,1-5H3,(H,24,25);2H,1H3. The number of nitrogens with one attached hydrogen (secondary N) is 1. The number of aliphatic hydroxyl groups is 1. The van der Waals surface area contributed by atoms with Gasteiger partial charge in [0.05, 0.1) is 5.69 Å². The Morgan fingerprint density at radius 3 is 2.43 bits per heavy atom. The first kappa shape index (κ1) is 24.6. The number of piperidine rings is 1. The van der Waals surface area contributed by atoms with E-state index in [1.165, 1.54) is 5.56 Å². The van der Waals surface area contributed by atoms with Gasteiger partial charge in [-0.15, -0.1) is 11.3 Å². The quantitative estimate of drug-likeness (QED) is 0.656. The molecule has 1 fully saturated rings. The molecule has 2 N–H and O–H groups in total. The normalized spacial score (nSPS) is 19.1. The zero-order chi connectivity index (χ0) is 22.5. The third kappa shape index (κ3) is 5.96. The average molecular weight is 452 g/mol. The van der Waals surface area contributed by atoms with Crippen molar-refractivity contribution in [1.29, 1.82) is 0 Å². The van der Waals surface area contributed by atoms with Crippen LogP contribution in [0.1, 0.15) is 51.3 Å². The molecule has 1 saturated heterocycles. The zero-order valence-corrected chi connectivity index (χ0v) is 20.3. The van der Waals surface area contributed by atoms with Crippen LogP contribution < -0.4 is 5.32 Å². The molecule has 1 aliphatic rings. The number of hydrogen-bond donors (Lipinski definition) is 2. The number of rotatable bonds is 5. The van der Waals surface area contributed by atoms with Gasteiger partial charge in [0.2, 0.25) is 5.91 Å². The predicted octanol–water partition coefficient (Wildman–Crippen LogP) is 5.19. The Balaban J connectivity index is 0.00000155. The Kier molecular flexibility index (Phi) is 8.71. The molecular formula is C23H34ClN3O2S. The van der Waals surface area contributed by atoms with Gasteiger partial charge in [-0.3, -0.25) is 4.79 Å². The van der Waals surface area contributed by atoms with Crippen LogP contribution in [0.15, 0.2) is 29.6 Å².